The van der Waals surface area contributed by atoms with Crippen LogP contribution in [0.4, 0.5) is 0 Å². The molecule has 98 valence electrons. The van der Waals surface area contributed by atoms with E-state index in [4.69, 9.17) is 9.47 Å². The summed E-state index contributed by atoms with van der Waals surface area (Å²) in [4.78, 5) is 0. The molecular formula is C14H24O3. The van der Waals surface area contributed by atoms with E-state index in [2.05, 4.69) is 32.6 Å². The molecule has 0 aliphatic carbocycles. The van der Waals surface area contributed by atoms with E-state index in [1.54, 1.807) is 6.92 Å². The van der Waals surface area contributed by atoms with Crippen molar-refractivity contribution in [2.45, 2.75) is 58.8 Å². The highest BCUT2D eigenvalue weighted by atomic mass is 16.7. The molecule has 0 aromatic rings. The lowest BCUT2D eigenvalue weighted by Crippen LogP contribution is -2.52. The molecule has 0 amide bonds. The van der Waals surface area contributed by atoms with Gasteiger partial charge in [0.2, 0.25) is 0 Å². The van der Waals surface area contributed by atoms with Gasteiger partial charge in [0, 0.05) is 11.8 Å². The molecule has 1 N–H and O–H groups in total. The highest BCUT2D eigenvalue weighted by Gasteiger charge is 2.43. The van der Waals surface area contributed by atoms with E-state index in [1.165, 1.54) is 0 Å². The fraction of sp³-hybridized carbons (Fsp3) is 0.857. The third-order valence-corrected chi connectivity index (χ3v) is 2.82. The van der Waals surface area contributed by atoms with Crippen LogP contribution in [0.5, 0.6) is 0 Å². The summed E-state index contributed by atoms with van der Waals surface area (Å²) in [6.07, 6.45) is 2.26. The van der Waals surface area contributed by atoms with E-state index in [1.807, 2.05) is 0 Å². The third kappa shape index (κ3) is 3.99. The lowest BCUT2D eigenvalue weighted by molar-refractivity contribution is -0.298. The van der Waals surface area contributed by atoms with Gasteiger partial charge in [-0.2, -0.15) is 0 Å². The second-order valence-corrected chi connectivity index (χ2v) is 5.49. The standard InChI is InChI=1S/C14H24O3/c1-5-6-7-8-9-14(12(2)15)16-10-13(3,4)11-17-14/h12,15H,5-7,10-11H2,1-4H3/t12-/m0/s1. The monoisotopic (exact) mass is 240 g/mol. The van der Waals surface area contributed by atoms with Gasteiger partial charge in [-0.05, 0) is 19.3 Å². The summed E-state index contributed by atoms with van der Waals surface area (Å²) < 4.78 is 11.4. The zero-order valence-corrected chi connectivity index (χ0v) is 11.4. The van der Waals surface area contributed by atoms with Crippen molar-refractivity contribution in [1.29, 1.82) is 0 Å². The molecule has 1 fully saturated rings. The summed E-state index contributed by atoms with van der Waals surface area (Å²) in [5.41, 5.74) is -0.0104. The molecule has 0 unspecified atom stereocenters. The van der Waals surface area contributed by atoms with Gasteiger partial charge in [-0.25, -0.2) is 0 Å². The maximum atomic E-state index is 9.80. The molecule has 1 aliphatic heterocycles. The first-order valence-corrected chi connectivity index (χ1v) is 6.38. The van der Waals surface area contributed by atoms with Crippen molar-refractivity contribution in [2.75, 3.05) is 13.2 Å². The lowest BCUT2D eigenvalue weighted by Gasteiger charge is -2.41. The fourth-order valence-electron chi connectivity index (χ4n) is 1.56. The van der Waals surface area contributed by atoms with Crippen molar-refractivity contribution >= 4 is 0 Å². The third-order valence-electron chi connectivity index (χ3n) is 2.82. The van der Waals surface area contributed by atoms with Crippen LogP contribution in [-0.2, 0) is 9.47 Å². The van der Waals surface area contributed by atoms with Crippen LogP contribution < -0.4 is 0 Å². The number of aliphatic hydroxyl groups excluding tert-OH is 1. The van der Waals surface area contributed by atoms with Crippen LogP contribution in [-0.4, -0.2) is 30.2 Å². The first-order chi connectivity index (χ1) is 7.92. The Kier molecular flexibility index (Phi) is 5.00. The van der Waals surface area contributed by atoms with Crippen LogP contribution in [0.15, 0.2) is 0 Å². The van der Waals surface area contributed by atoms with Crippen molar-refractivity contribution < 1.29 is 14.6 Å². The van der Waals surface area contributed by atoms with E-state index >= 15 is 0 Å². The van der Waals surface area contributed by atoms with Gasteiger partial charge in [-0.1, -0.05) is 33.1 Å². The molecule has 0 aromatic carbocycles. The van der Waals surface area contributed by atoms with E-state index in [-0.39, 0.29) is 5.41 Å². The van der Waals surface area contributed by atoms with Crippen molar-refractivity contribution in [2.24, 2.45) is 5.41 Å². The zero-order chi connectivity index (χ0) is 12.9. The normalized spacial score (nSPS) is 23.6. The number of rotatable bonds is 3. The second kappa shape index (κ2) is 5.86. The van der Waals surface area contributed by atoms with Gasteiger partial charge in [0.25, 0.3) is 5.79 Å². The molecule has 0 saturated carbocycles. The molecule has 1 heterocycles. The smallest absolute Gasteiger partial charge is 0.260 e. The molecule has 17 heavy (non-hydrogen) atoms. The van der Waals surface area contributed by atoms with Crippen LogP contribution in [0.25, 0.3) is 0 Å². The van der Waals surface area contributed by atoms with E-state index in [9.17, 15) is 5.11 Å². The Morgan fingerprint density at radius 3 is 2.35 bits per heavy atom. The second-order valence-electron chi connectivity index (χ2n) is 5.49. The Labute approximate surface area is 104 Å². The van der Waals surface area contributed by atoms with E-state index < -0.39 is 11.9 Å². The van der Waals surface area contributed by atoms with Crippen LogP contribution in [0.2, 0.25) is 0 Å². The van der Waals surface area contributed by atoms with Gasteiger partial charge in [0.05, 0.1) is 13.2 Å². The largest absolute Gasteiger partial charge is 0.387 e. The van der Waals surface area contributed by atoms with E-state index in [0.717, 1.165) is 19.3 Å². The number of unbranched alkanes of at least 4 members (excludes halogenated alkanes) is 2. The molecule has 1 aliphatic rings. The topological polar surface area (TPSA) is 38.7 Å². The Balaban J connectivity index is 2.67. The van der Waals surface area contributed by atoms with Gasteiger partial charge in [0.15, 0.2) is 0 Å². The van der Waals surface area contributed by atoms with Gasteiger partial charge >= 0.3 is 0 Å². The minimum Gasteiger partial charge on any atom is -0.387 e. The average Bonchev–Trinajstić information content (AvgIpc) is 2.26. The highest BCUT2D eigenvalue weighted by Crippen LogP contribution is 2.31. The minimum atomic E-state index is -1.12. The molecule has 0 radical (unpaired) electrons. The van der Waals surface area contributed by atoms with Crippen molar-refractivity contribution in [1.82, 2.24) is 0 Å². The average molecular weight is 240 g/mol. The molecule has 3 heteroatoms. The predicted octanol–water partition coefficient (Wildman–Crippen LogP) is 2.33. The molecule has 0 spiro atoms. The molecule has 3 nitrogen and oxygen atoms in total. The number of aliphatic hydroxyl groups is 1. The SMILES string of the molecule is CCCCC#CC1([C@H](C)O)OCC(C)(C)CO1. The number of ether oxygens (including phenoxy) is 2. The first-order valence-electron chi connectivity index (χ1n) is 6.38. The van der Waals surface area contributed by atoms with Gasteiger partial charge < -0.3 is 14.6 Å². The highest BCUT2D eigenvalue weighted by molar-refractivity contribution is 5.13. The summed E-state index contributed by atoms with van der Waals surface area (Å²) in [7, 11) is 0. The number of hydrogen-bond donors (Lipinski definition) is 1. The van der Waals surface area contributed by atoms with E-state index in [0.29, 0.717) is 13.2 Å². The number of hydrogen-bond acceptors (Lipinski definition) is 3. The van der Waals surface area contributed by atoms with Crippen LogP contribution in [0.1, 0.15) is 47.0 Å². The van der Waals surface area contributed by atoms with Crippen molar-refractivity contribution in [3.63, 3.8) is 0 Å². The van der Waals surface area contributed by atoms with Crippen molar-refractivity contribution in [3.8, 4) is 11.8 Å². The van der Waals surface area contributed by atoms with Crippen LogP contribution in [0.3, 0.4) is 0 Å². The molecule has 0 bridgehead atoms. The first kappa shape index (κ1) is 14.5. The quantitative estimate of drug-likeness (QED) is 0.608. The maximum absolute atomic E-state index is 9.80. The Hall–Kier alpha value is -0.560. The lowest BCUT2D eigenvalue weighted by atomic mass is 9.94. The molecule has 1 rings (SSSR count). The summed E-state index contributed by atoms with van der Waals surface area (Å²) in [5, 5.41) is 9.80. The predicted molar refractivity (Wildman–Crippen MR) is 67.4 cm³/mol. The zero-order valence-electron chi connectivity index (χ0n) is 11.4. The van der Waals surface area contributed by atoms with Gasteiger partial charge in [0.1, 0.15) is 6.10 Å². The van der Waals surface area contributed by atoms with Gasteiger partial charge in [-0.3, -0.25) is 0 Å². The summed E-state index contributed by atoms with van der Waals surface area (Å²) in [6.45, 7) is 9.04. The van der Waals surface area contributed by atoms with Crippen LogP contribution in [0, 0.1) is 17.3 Å². The fourth-order valence-corrected chi connectivity index (χ4v) is 1.56. The summed E-state index contributed by atoms with van der Waals surface area (Å²) in [6, 6.07) is 0. The Bertz CT molecular complexity index is 286. The Morgan fingerprint density at radius 1 is 1.29 bits per heavy atom. The summed E-state index contributed by atoms with van der Waals surface area (Å²) in [5.74, 6) is 4.89. The van der Waals surface area contributed by atoms with Crippen LogP contribution >= 0.6 is 0 Å². The Morgan fingerprint density at radius 2 is 1.88 bits per heavy atom. The molecule has 0 aromatic heterocycles. The molecule has 1 saturated heterocycles. The summed E-state index contributed by atoms with van der Waals surface area (Å²) >= 11 is 0. The minimum absolute atomic E-state index is 0.0104. The molecule has 1 atom stereocenters. The maximum Gasteiger partial charge on any atom is 0.260 e. The van der Waals surface area contributed by atoms with Crippen molar-refractivity contribution in [3.05, 3.63) is 0 Å². The van der Waals surface area contributed by atoms with Gasteiger partial charge in [-0.15, -0.1) is 0 Å². The molecular weight excluding hydrogens is 216 g/mol.